The standard InChI is InChI=1S/C26H20N2O3/c1-27-12-10-19-23(14-27)30-21-8-4-2-6-17(21)25(19)26-18-7-3-5-9-22(18)31-24-15-28(16-29)13-11-20(24)26/h2-15,29H,16H2,1H3/q+2. The summed E-state index contributed by atoms with van der Waals surface area (Å²) in [5, 5.41) is 9.61. The first kappa shape index (κ1) is 17.9. The number of ether oxygens (including phenoxy) is 2. The first-order valence-electron chi connectivity index (χ1n) is 10.2. The van der Waals surface area contributed by atoms with Gasteiger partial charge in [0.05, 0.1) is 0 Å². The van der Waals surface area contributed by atoms with Gasteiger partial charge in [-0.1, -0.05) is 36.4 Å². The number of hydrogen-bond donors (Lipinski definition) is 1. The number of aryl methyl sites for hydroxylation is 1. The predicted octanol–water partition coefficient (Wildman–Crippen LogP) is 3.97. The second-order valence-corrected chi connectivity index (χ2v) is 7.71. The monoisotopic (exact) mass is 408 g/mol. The molecule has 0 amide bonds. The average molecular weight is 408 g/mol. The molecular weight excluding hydrogens is 388 g/mol. The van der Waals surface area contributed by atoms with E-state index in [0.717, 1.165) is 50.6 Å². The number of aromatic nitrogens is 2. The number of para-hydroxylation sites is 2. The largest absolute Gasteiger partial charge is 0.450 e. The number of hydrogen-bond acceptors (Lipinski definition) is 3. The Balaban J connectivity index is 1.76. The van der Waals surface area contributed by atoms with Crippen molar-refractivity contribution in [1.82, 2.24) is 0 Å². The predicted molar refractivity (Wildman–Crippen MR) is 115 cm³/mol. The van der Waals surface area contributed by atoms with Crippen molar-refractivity contribution in [2.75, 3.05) is 0 Å². The summed E-state index contributed by atoms with van der Waals surface area (Å²) >= 11 is 0. The van der Waals surface area contributed by atoms with E-state index < -0.39 is 0 Å². The molecule has 0 atom stereocenters. The summed E-state index contributed by atoms with van der Waals surface area (Å²) in [7, 11) is 1.99. The summed E-state index contributed by atoms with van der Waals surface area (Å²) in [4.78, 5) is 0. The lowest BCUT2D eigenvalue weighted by molar-refractivity contribution is -0.730. The molecule has 0 radical (unpaired) electrons. The number of nitrogens with zero attached hydrogens (tertiary/aromatic N) is 2. The maximum absolute atomic E-state index is 9.61. The molecule has 0 unspecified atom stereocenters. The molecule has 2 aromatic carbocycles. The van der Waals surface area contributed by atoms with Gasteiger partial charge in [-0.15, -0.1) is 0 Å². The van der Waals surface area contributed by atoms with Crippen LogP contribution >= 0.6 is 0 Å². The average Bonchev–Trinajstić information content (AvgIpc) is 2.80. The van der Waals surface area contributed by atoms with E-state index in [0.29, 0.717) is 5.75 Å². The highest BCUT2D eigenvalue weighted by Crippen LogP contribution is 2.52. The molecule has 150 valence electrons. The first-order valence-corrected chi connectivity index (χ1v) is 10.2. The Bertz CT molecular complexity index is 1390. The zero-order valence-corrected chi connectivity index (χ0v) is 16.9. The summed E-state index contributed by atoms with van der Waals surface area (Å²) in [5.41, 5.74) is 6.29. The van der Waals surface area contributed by atoms with Crippen LogP contribution < -0.4 is 18.6 Å². The Morgan fingerprint density at radius 1 is 0.645 bits per heavy atom. The van der Waals surface area contributed by atoms with Gasteiger partial charge >= 0.3 is 0 Å². The van der Waals surface area contributed by atoms with Gasteiger partial charge in [0.1, 0.15) is 18.5 Å². The molecule has 31 heavy (non-hydrogen) atoms. The van der Waals surface area contributed by atoms with E-state index in [9.17, 15) is 5.11 Å². The topological polar surface area (TPSA) is 46.5 Å². The summed E-state index contributed by atoms with van der Waals surface area (Å²) in [6.45, 7) is -0.111. The van der Waals surface area contributed by atoms with Gasteiger partial charge in [0.25, 0.3) is 0 Å². The van der Waals surface area contributed by atoms with Crippen LogP contribution in [0.2, 0.25) is 0 Å². The van der Waals surface area contributed by atoms with Crippen molar-refractivity contribution in [2.24, 2.45) is 7.05 Å². The molecule has 1 N–H and O–H groups in total. The van der Waals surface area contributed by atoms with Crippen LogP contribution in [0, 0.1) is 0 Å². The van der Waals surface area contributed by atoms with E-state index in [2.05, 4.69) is 18.2 Å². The Hall–Kier alpha value is -3.96. The highest BCUT2D eigenvalue weighted by molar-refractivity contribution is 6.09. The van der Waals surface area contributed by atoms with Crippen LogP contribution in [0.25, 0.3) is 11.1 Å². The van der Waals surface area contributed by atoms with E-state index in [4.69, 9.17) is 9.47 Å². The molecule has 2 aliphatic rings. The number of pyridine rings is 2. The van der Waals surface area contributed by atoms with Crippen LogP contribution in [0.1, 0.15) is 22.3 Å². The van der Waals surface area contributed by atoms with Crippen molar-refractivity contribution in [2.45, 2.75) is 6.73 Å². The highest BCUT2D eigenvalue weighted by atomic mass is 16.5. The van der Waals surface area contributed by atoms with Crippen LogP contribution in [0.15, 0.2) is 85.5 Å². The van der Waals surface area contributed by atoms with Crippen LogP contribution in [-0.2, 0) is 13.8 Å². The van der Waals surface area contributed by atoms with Gasteiger partial charge in [0, 0.05) is 45.5 Å². The van der Waals surface area contributed by atoms with E-state index in [1.807, 2.05) is 78.9 Å². The van der Waals surface area contributed by atoms with Crippen molar-refractivity contribution >= 4 is 11.1 Å². The van der Waals surface area contributed by atoms with Gasteiger partial charge in [0.15, 0.2) is 23.9 Å². The van der Waals surface area contributed by atoms with Gasteiger partial charge in [0.2, 0.25) is 19.1 Å². The molecular formula is C26H20N2O3+2. The number of aliphatic hydroxyl groups is 1. The van der Waals surface area contributed by atoms with E-state index in [-0.39, 0.29) is 6.73 Å². The number of fused-ring (bicyclic) bond motifs is 4. The molecule has 0 saturated carbocycles. The van der Waals surface area contributed by atoms with Crippen LogP contribution in [0.3, 0.4) is 0 Å². The Kier molecular flexibility index (Phi) is 3.91. The lowest BCUT2D eigenvalue weighted by Gasteiger charge is -2.28. The molecule has 0 fully saturated rings. The summed E-state index contributed by atoms with van der Waals surface area (Å²) in [5.74, 6) is 3.15. The quantitative estimate of drug-likeness (QED) is 0.419. The number of aliphatic hydroxyl groups excluding tert-OH is 1. The lowest BCUT2D eigenvalue weighted by Crippen LogP contribution is -2.33. The van der Waals surface area contributed by atoms with Crippen molar-refractivity contribution < 1.29 is 23.7 Å². The second kappa shape index (κ2) is 6.79. The fourth-order valence-corrected chi connectivity index (χ4v) is 4.34. The summed E-state index contributed by atoms with van der Waals surface area (Å²) < 4.78 is 16.2. The maximum atomic E-state index is 9.61. The van der Waals surface area contributed by atoms with Gasteiger partial charge in [-0.3, -0.25) is 0 Å². The number of benzene rings is 2. The van der Waals surface area contributed by atoms with E-state index in [1.165, 1.54) is 0 Å². The minimum atomic E-state index is -0.111. The third kappa shape index (κ3) is 2.75. The third-order valence-electron chi connectivity index (χ3n) is 5.75. The third-order valence-corrected chi connectivity index (χ3v) is 5.75. The molecule has 5 nitrogen and oxygen atoms in total. The summed E-state index contributed by atoms with van der Waals surface area (Å²) in [6, 6.07) is 20.3. The van der Waals surface area contributed by atoms with E-state index in [1.54, 1.807) is 4.57 Å². The van der Waals surface area contributed by atoms with Gasteiger partial charge in [-0.25, -0.2) is 4.57 Å². The van der Waals surface area contributed by atoms with Gasteiger partial charge in [-0.2, -0.15) is 4.57 Å². The van der Waals surface area contributed by atoms with Crippen molar-refractivity contribution in [3.8, 4) is 23.0 Å². The van der Waals surface area contributed by atoms with Crippen molar-refractivity contribution in [3.05, 3.63) is 108 Å². The molecule has 5 heteroatoms. The second-order valence-electron chi connectivity index (χ2n) is 7.71. The number of rotatable bonds is 1. The van der Waals surface area contributed by atoms with E-state index >= 15 is 0 Å². The maximum Gasteiger partial charge on any atom is 0.250 e. The fraction of sp³-hybridized carbons (Fsp3) is 0.0769. The molecule has 0 saturated heterocycles. The van der Waals surface area contributed by atoms with Crippen molar-refractivity contribution in [3.63, 3.8) is 0 Å². The Morgan fingerprint density at radius 2 is 1.16 bits per heavy atom. The van der Waals surface area contributed by atoms with Crippen LogP contribution in [-0.4, -0.2) is 5.11 Å². The molecule has 0 aliphatic carbocycles. The SMILES string of the molecule is C[n+]1ccc2c(c1)Oc1ccccc1C2=C1c2ccccc2Oc2c[n+](CO)ccc21. The highest BCUT2D eigenvalue weighted by Gasteiger charge is 2.32. The fourth-order valence-electron chi connectivity index (χ4n) is 4.34. The summed E-state index contributed by atoms with van der Waals surface area (Å²) in [6.07, 6.45) is 7.74. The first-order chi connectivity index (χ1) is 15.2. The lowest BCUT2D eigenvalue weighted by atomic mass is 9.83. The van der Waals surface area contributed by atoms with Gasteiger partial charge < -0.3 is 14.6 Å². The normalized spacial score (nSPS) is 15.7. The van der Waals surface area contributed by atoms with Crippen LogP contribution in [0.5, 0.6) is 23.0 Å². The van der Waals surface area contributed by atoms with Crippen molar-refractivity contribution in [1.29, 1.82) is 0 Å². The van der Waals surface area contributed by atoms with Gasteiger partial charge in [-0.05, 0) is 12.1 Å². The molecule has 4 heterocycles. The molecule has 6 rings (SSSR count). The molecule has 4 aromatic rings. The zero-order valence-electron chi connectivity index (χ0n) is 16.9. The minimum Gasteiger partial charge on any atom is -0.450 e. The molecule has 0 bridgehead atoms. The smallest absolute Gasteiger partial charge is 0.250 e. The molecule has 2 aliphatic heterocycles. The Labute approximate surface area is 179 Å². The Morgan fingerprint density at radius 3 is 1.77 bits per heavy atom. The van der Waals surface area contributed by atoms with Crippen LogP contribution in [0.4, 0.5) is 0 Å². The minimum absolute atomic E-state index is 0.111. The molecule has 0 spiro atoms. The molecule has 2 aromatic heterocycles. The zero-order chi connectivity index (χ0) is 20.9.